The predicted molar refractivity (Wildman–Crippen MR) is 84.6 cm³/mol. The van der Waals surface area contributed by atoms with Crippen LogP contribution in [0.4, 0.5) is 5.69 Å². The fourth-order valence-electron chi connectivity index (χ4n) is 2.92. The van der Waals surface area contributed by atoms with Crippen molar-refractivity contribution in [3.05, 3.63) is 54.2 Å². The number of pyridine rings is 1. The molecule has 0 aliphatic carbocycles. The molecule has 3 heterocycles. The van der Waals surface area contributed by atoms with Crippen molar-refractivity contribution in [3.8, 4) is 0 Å². The zero-order chi connectivity index (χ0) is 14.2. The van der Waals surface area contributed by atoms with Crippen LogP contribution in [-0.4, -0.2) is 21.1 Å². The second kappa shape index (κ2) is 5.04. The minimum Gasteiger partial charge on any atom is -0.362 e. The van der Waals surface area contributed by atoms with Crippen LogP contribution in [0.2, 0.25) is 0 Å². The molecule has 0 bridgehead atoms. The lowest BCUT2D eigenvalue weighted by atomic mass is 10.1. The molecule has 5 heteroatoms. The zero-order valence-corrected chi connectivity index (χ0v) is 12.3. The Labute approximate surface area is 128 Å². The predicted octanol–water partition coefficient (Wildman–Crippen LogP) is 3.19. The van der Waals surface area contributed by atoms with Crippen LogP contribution < -0.4 is 4.90 Å². The lowest BCUT2D eigenvalue weighted by molar-refractivity contribution is 0.561. The van der Waals surface area contributed by atoms with E-state index in [-0.39, 0.29) is 0 Å². The molecule has 0 saturated carbocycles. The second-order valence-electron chi connectivity index (χ2n) is 5.24. The summed E-state index contributed by atoms with van der Waals surface area (Å²) in [6.45, 7) is 2.75. The van der Waals surface area contributed by atoms with E-state index >= 15 is 0 Å². The molecule has 0 atom stereocenters. The summed E-state index contributed by atoms with van der Waals surface area (Å²) < 4.78 is 2.21. The highest BCUT2D eigenvalue weighted by Gasteiger charge is 2.19. The first-order chi connectivity index (χ1) is 10.3. The first kappa shape index (κ1) is 12.7. The smallest absolute Gasteiger partial charge is 0.128 e. The summed E-state index contributed by atoms with van der Waals surface area (Å²) in [4.78, 5) is 11.4. The van der Waals surface area contributed by atoms with Gasteiger partial charge in [-0.2, -0.15) is 0 Å². The Kier molecular flexibility index (Phi) is 3.04. The Morgan fingerprint density at radius 2 is 2.10 bits per heavy atom. The number of rotatable bonds is 2. The highest BCUT2D eigenvalue weighted by molar-refractivity contribution is 6.17. The number of halogens is 1. The minimum atomic E-state index is 0.431. The van der Waals surface area contributed by atoms with Gasteiger partial charge >= 0.3 is 0 Å². The summed E-state index contributed by atoms with van der Waals surface area (Å²) in [5.41, 5.74) is 3.12. The van der Waals surface area contributed by atoms with E-state index in [9.17, 15) is 0 Å². The Balaban J connectivity index is 1.83. The van der Waals surface area contributed by atoms with E-state index in [0.29, 0.717) is 5.88 Å². The van der Waals surface area contributed by atoms with Crippen LogP contribution >= 0.6 is 11.6 Å². The molecule has 1 aliphatic rings. The van der Waals surface area contributed by atoms with Crippen molar-refractivity contribution < 1.29 is 0 Å². The number of hydrogen-bond donors (Lipinski definition) is 0. The van der Waals surface area contributed by atoms with E-state index in [1.54, 1.807) is 0 Å². The lowest BCUT2D eigenvalue weighted by Gasteiger charge is -2.30. The second-order valence-corrected chi connectivity index (χ2v) is 5.51. The van der Waals surface area contributed by atoms with E-state index in [1.807, 2.05) is 24.5 Å². The van der Waals surface area contributed by atoms with Gasteiger partial charge < -0.3 is 9.47 Å². The van der Waals surface area contributed by atoms with Gasteiger partial charge in [0.2, 0.25) is 0 Å². The van der Waals surface area contributed by atoms with Gasteiger partial charge in [-0.15, -0.1) is 11.6 Å². The molecule has 0 saturated heterocycles. The number of para-hydroxylation sites is 1. The van der Waals surface area contributed by atoms with E-state index in [1.165, 1.54) is 11.1 Å². The third kappa shape index (κ3) is 2.16. The number of fused-ring (bicyclic) bond motifs is 2. The average molecular weight is 299 g/mol. The maximum absolute atomic E-state index is 6.00. The fourth-order valence-corrected chi connectivity index (χ4v) is 3.06. The molecule has 0 unspecified atom stereocenters. The zero-order valence-electron chi connectivity index (χ0n) is 11.5. The van der Waals surface area contributed by atoms with Crippen molar-refractivity contribution in [1.82, 2.24) is 14.5 Å². The molecule has 0 amide bonds. The molecule has 0 fully saturated rings. The molecule has 0 spiro atoms. The van der Waals surface area contributed by atoms with Gasteiger partial charge in [0.1, 0.15) is 5.82 Å². The summed E-state index contributed by atoms with van der Waals surface area (Å²) in [5.74, 6) is 1.54. The number of benzene rings is 1. The molecule has 4 nitrogen and oxygen atoms in total. The third-order valence-corrected chi connectivity index (χ3v) is 4.24. The first-order valence-electron chi connectivity index (χ1n) is 7.05. The van der Waals surface area contributed by atoms with E-state index in [2.05, 4.69) is 37.6 Å². The molecule has 1 aromatic carbocycles. The van der Waals surface area contributed by atoms with E-state index < -0.39 is 0 Å². The third-order valence-electron chi connectivity index (χ3n) is 3.97. The summed E-state index contributed by atoms with van der Waals surface area (Å²) in [5, 5.41) is 1.17. The van der Waals surface area contributed by atoms with Crippen LogP contribution in [0, 0.1) is 0 Å². The van der Waals surface area contributed by atoms with Crippen LogP contribution in [0.5, 0.6) is 0 Å². The highest BCUT2D eigenvalue weighted by atomic mass is 35.5. The molecule has 21 heavy (non-hydrogen) atoms. The normalized spacial score (nSPS) is 14.4. The van der Waals surface area contributed by atoms with Crippen LogP contribution in [0.25, 0.3) is 10.9 Å². The molecule has 0 radical (unpaired) electrons. The van der Waals surface area contributed by atoms with Crippen molar-refractivity contribution in [2.45, 2.75) is 19.0 Å². The van der Waals surface area contributed by atoms with Crippen LogP contribution in [0.1, 0.15) is 11.5 Å². The van der Waals surface area contributed by atoms with Gasteiger partial charge in [0.15, 0.2) is 0 Å². The number of alkyl halides is 1. The minimum absolute atomic E-state index is 0.431. The standard InChI is InChI=1S/C16H15ClN4/c17-10-12-9-15(13-3-1-2-4-14(13)19-12)21-8-7-20-6-5-18-16(20)11-21/h1-6,9H,7-8,10-11H2. The highest BCUT2D eigenvalue weighted by Crippen LogP contribution is 2.29. The van der Waals surface area contributed by atoms with Gasteiger partial charge in [0, 0.05) is 36.6 Å². The Morgan fingerprint density at radius 1 is 1.19 bits per heavy atom. The Bertz CT molecular complexity index is 796. The number of imidazole rings is 1. The Morgan fingerprint density at radius 3 is 3.00 bits per heavy atom. The van der Waals surface area contributed by atoms with Gasteiger partial charge in [-0.05, 0) is 12.1 Å². The maximum Gasteiger partial charge on any atom is 0.128 e. The first-order valence-corrected chi connectivity index (χ1v) is 7.58. The SMILES string of the molecule is ClCc1cc(N2CCn3ccnc3C2)c2ccccc2n1. The lowest BCUT2D eigenvalue weighted by Crippen LogP contribution is -2.33. The van der Waals surface area contributed by atoms with Crippen molar-refractivity contribution >= 4 is 28.2 Å². The quantitative estimate of drug-likeness (QED) is 0.681. The van der Waals surface area contributed by atoms with Gasteiger partial charge in [-0.3, -0.25) is 4.98 Å². The monoisotopic (exact) mass is 298 g/mol. The molecule has 4 rings (SSSR count). The van der Waals surface area contributed by atoms with Crippen molar-refractivity contribution in [2.24, 2.45) is 0 Å². The average Bonchev–Trinajstić information content (AvgIpc) is 3.01. The van der Waals surface area contributed by atoms with Crippen molar-refractivity contribution in [2.75, 3.05) is 11.4 Å². The van der Waals surface area contributed by atoms with Gasteiger partial charge in [0.25, 0.3) is 0 Å². The summed E-state index contributed by atoms with van der Waals surface area (Å²) in [6, 6.07) is 10.3. The maximum atomic E-state index is 6.00. The van der Waals surface area contributed by atoms with Crippen LogP contribution in [0.3, 0.4) is 0 Å². The number of hydrogen-bond acceptors (Lipinski definition) is 3. The largest absolute Gasteiger partial charge is 0.362 e. The van der Waals surface area contributed by atoms with Crippen LogP contribution in [-0.2, 0) is 19.0 Å². The van der Waals surface area contributed by atoms with Crippen molar-refractivity contribution in [3.63, 3.8) is 0 Å². The number of nitrogens with zero attached hydrogens (tertiary/aromatic N) is 4. The number of anilines is 1. The van der Waals surface area contributed by atoms with Crippen molar-refractivity contribution in [1.29, 1.82) is 0 Å². The topological polar surface area (TPSA) is 34.0 Å². The molecule has 1 aliphatic heterocycles. The fraction of sp³-hybridized carbons (Fsp3) is 0.250. The summed E-state index contributed by atoms with van der Waals surface area (Å²) in [6.07, 6.45) is 3.91. The van der Waals surface area contributed by atoms with E-state index in [0.717, 1.165) is 36.7 Å². The summed E-state index contributed by atoms with van der Waals surface area (Å²) in [7, 11) is 0. The molecular weight excluding hydrogens is 284 g/mol. The van der Waals surface area contributed by atoms with Gasteiger partial charge in [-0.1, -0.05) is 18.2 Å². The molecule has 106 valence electrons. The molecule has 3 aromatic rings. The molecular formula is C16H15ClN4. The van der Waals surface area contributed by atoms with Gasteiger partial charge in [-0.25, -0.2) is 4.98 Å². The van der Waals surface area contributed by atoms with Crippen LogP contribution in [0.15, 0.2) is 42.7 Å². The van der Waals surface area contributed by atoms with Gasteiger partial charge in [0.05, 0.1) is 23.6 Å². The van der Waals surface area contributed by atoms with E-state index in [4.69, 9.17) is 11.6 Å². The molecule has 2 aromatic heterocycles. The summed E-state index contributed by atoms with van der Waals surface area (Å²) >= 11 is 6.00. The Hall–Kier alpha value is -2.07. The number of aromatic nitrogens is 3. The molecule has 0 N–H and O–H groups in total.